The Morgan fingerprint density at radius 2 is 1.68 bits per heavy atom. The normalized spacial score (nSPS) is 31.7. The van der Waals surface area contributed by atoms with Crippen LogP contribution in [0.4, 0.5) is 0 Å². The Bertz CT molecular complexity index is 1700. The van der Waals surface area contributed by atoms with Crippen LogP contribution in [0.3, 0.4) is 0 Å². The Hall–Kier alpha value is -3.57. The minimum Gasteiger partial charge on any atom is -0.481 e. The zero-order chi connectivity index (χ0) is 41.6. The van der Waals surface area contributed by atoms with Crippen molar-refractivity contribution in [3.8, 4) is 11.8 Å². The molecule has 59 heavy (non-hydrogen) atoms. The number of amides is 2. The van der Waals surface area contributed by atoms with Gasteiger partial charge in [-0.15, -0.1) is 0 Å². The summed E-state index contributed by atoms with van der Waals surface area (Å²) in [6.07, 6.45) is 17.3. The first kappa shape index (κ1) is 43.5. The monoisotopic (exact) mass is 818 g/mol. The lowest BCUT2D eigenvalue weighted by Gasteiger charge is -2.60. The van der Waals surface area contributed by atoms with E-state index in [0.717, 1.165) is 89.9 Å². The molecule has 7 aliphatic carbocycles. The number of carboxylic acids is 1. The zero-order valence-electron chi connectivity index (χ0n) is 35.0. The Balaban J connectivity index is 0.000000203. The van der Waals surface area contributed by atoms with Crippen molar-refractivity contribution < 1.29 is 43.6 Å². The number of aliphatic carboxylic acids is 1. The number of esters is 1. The van der Waals surface area contributed by atoms with Gasteiger partial charge in [-0.25, -0.2) is 0 Å². The van der Waals surface area contributed by atoms with E-state index < -0.39 is 22.9 Å². The molecular weight excluding hydrogens is 753 g/mol. The second kappa shape index (κ2) is 19.0. The highest BCUT2D eigenvalue weighted by atomic mass is 16.5. The van der Waals surface area contributed by atoms with Gasteiger partial charge in [0.2, 0.25) is 11.8 Å². The molecule has 1 aliphatic heterocycles. The number of likely N-dealkylation sites (tertiary alicyclic amines) is 1. The number of ether oxygens (including phenoxy) is 3. The van der Waals surface area contributed by atoms with Crippen molar-refractivity contribution in [2.24, 2.45) is 29.1 Å². The second-order valence-electron chi connectivity index (χ2n) is 19.2. The molecule has 0 radical (unpaired) electrons. The summed E-state index contributed by atoms with van der Waals surface area (Å²) in [6.45, 7) is 1.99. The van der Waals surface area contributed by atoms with Gasteiger partial charge >= 0.3 is 11.9 Å². The number of aliphatic hydroxyl groups is 1. The first-order valence-electron chi connectivity index (χ1n) is 22.5. The van der Waals surface area contributed by atoms with Crippen LogP contribution in [-0.2, 0) is 41.5 Å². The second-order valence-corrected chi connectivity index (χ2v) is 19.2. The van der Waals surface area contributed by atoms with E-state index in [0.29, 0.717) is 76.0 Å². The molecule has 0 aromatic heterocycles. The molecule has 1 aromatic rings. The fraction of sp³-hybridized carbons (Fsp3) is 0.761. The van der Waals surface area contributed by atoms with Crippen LogP contribution in [0.1, 0.15) is 127 Å². The number of aryl methyl sites for hydroxylation is 2. The molecule has 9 rings (SSSR count). The topological polar surface area (TPSA) is 188 Å². The number of nitrogens with zero attached hydrogens (tertiary/aromatic N) is 2. The third-order valence-corrected chi connectivity index (χ3v) is 14.8. The summed E-state index contributed by atoms with van der Waals surface area (Å²) in [5.74, 6) is -0.199. The molecular formula is C46H66N4O9. The predicted molar refractivity (Wildman–Crippen MR) is 218 cm³/mol. The van der Waals surface area contributed by atoms with Crippen LogP contribution in [-0.4, -0.2) is 102 Å². The lowest BCUT2D eigenvalue weighted by molar-refractivity contribution is -0.147. The molecule has 0 spiro atoms. The number of hydrogen-bond acceptors (Lipinski definition) is 10. The minimum atomic E-state index is -0.754. The minimum absolute atomic E-state index is 0.0176. The lowest BCUT2D eigenvalue weighted by atomic mass is 9.51. The highest BCUT2D eigenvalue weighted by molar-refractivity contribution is 5.85. The predicted octanol–water partition coefficient (Wildman–Crippen LogP) is 5.24. The van der Waals surface area contributed by atoms with Gasteiger partial charge in [0.05, 0.1) is 55.3 Å². The van der Waals surface area contributed by atoms with Gasteiger partial charge in [0.15, 0.2) is 0 Å². The first-order chi connectivity index (χ1) is 28.4. The van der Waals surface area contributed by atoms with Crippen molar-refractivity contribution in [1.82, 2.24) is 15.5 Å². The molecule has 1 heterocycles. The number of fused-ring (bicyclic) bond motifs is 1. The van der Waals surface area contributed by atoms with Crippen LogP contribution in [0.5, 0.6) is 5.75 Å². The van der Waals surface area contributed by atoms with Gasteiger partial charge in [-0.1, -0.05) is 18.9 Å². The summed E-state index contributed by atoms with van der Waals surface area (Å²) in [7, 11) is 1.60. The van der Waals surface area contributed by atoms with E-state index in [-0.39, 0.29) is 47.9 Å². The lowest BCUT2D eigenvalue weighted by Crippen LogP contribution is -2.65. The average molecular weight is 819 g/mol. The van der Waals surface area contributed by atoms with Gasteiger partial charge < -0.3 is 40.0 Å². The van der Waals surface area contributed by atoms with Crippen LogP contribution >= 0.6 is 0 Å². The van der Waals surface area contributed by atoms with Gasteiger partial charge in [0.1, 0.15) is 11.8 Å². The van der Waals surface area contributed by atoms with Crippen LogP contribution in [0, 0.1) is 40.4 Å². The summed E-state index contributed by atoms with van der Waals surface area (Å²) >= 11 is 0. The summed E-state index contributed by atoms with van der Waals surface area (Å²) in [5.41, 5.74) is 1.37. The van der Waals surface area contributed by atoms with E-state index in [1.807, 2.05) is 18.2 Å². The summed E-state index contributed by atoms with van der Waals surface area (Å²) in [4.78, 5) is 52.5. The molecule has 2 amide bonds. The largest absolute Gasteiger partial charge is 0.481 e. The smallest absolute Gasteiger partial charge is 0.316 e. The van der Waals surface area contributed by atoms with Gasteiger partial charge in [-0.05, 0) is 151 Å². The standard InChI is InChI=1S/C29H41NO7.C17H25N3O2/c1-35-15-16-36-19-23(27(33)37-25-12-9-20-5-4-6-22(20)17-25)18-29(13-2-3-14-29)28(34)30-24-10-7-21(8-11-24)26(31)32;18-9-14-2-1-3-20(14)15(21)10-19-16-5-12-4-13(6-16)8-17(22,7-12)11-16/h9,12,17,21,23-24H,2-8,10-11,13-16,18-19H2,1H3,(H,30,34)(H,31,32);12-14,19,22H,1-8,10-11H2/t21?,23-,24?;12?,13?,14-,16?,17?/m00/s1. The zero-order valence-corrected chi connectivity index (χ0v) is 35.0. The van der Waals surface area contributed by atoms with Crippen LogP contribution in [0.15, 0.2) is 18.2 Å². The summed E-state index contributed by atoms with van der Waals surface area (Å²) < 4.78 is 16.7. The molecule has 4 atom stereocenters. The highest BCUT2D eigenvalue weighted by Gasteiger charge is 2.57. The molecule has 6 saturated carbocycles. The van der Waals surface area contributed by atoms with Crippen molar-refractivity contribution in [2.45, 2.75) is 152 Å². The van der Waals surface area contributed by atoms with Crippen molar-refractivity contribution in [3.05, 3.63) is 29.3 Å². The SMILES string of the molecule is COCCOC[C@H](CC1(C(=O)NC2CCC(C(=O)O)CC2)CCCC1)C(=O)Oc1ccc2c(c1)CCC2.N#C[C@@H]1CCCN1C(=O)CNC12CC3CC(CC(O)(C3)C1)C2. The number of benzene rings is 1. The molecule has 4 bridgehead atoms. The van der Waals surface area contributed by atoms with Crippen LogP contribution < -0.4 is 15.4 Å². The van der Waals surface area contributed by atoms with Crippen LogP contribution in [0.2, 0.25) is 0 Å². The molecule has 13 heteroatoms. The molecule has 2 unspecified atom stereocenters. The Morgan fingerprint density at radius 3 is 2.36 bits per heavy atom. The number of carboxylic acid groups (broad SMARTS) is 1. The van der Waals surface area contributed by atoms with Gasteiger partial charge in [0.25, 0.3) is 0 Å². The first-order valence-corrected chi connectivity index (χ1v) is 22.5. The summed E-state index contributed by atoms with van der Waals surface area (Å²) in [6, 6.07) is 7.84. The van der Waals surface area contributed by atoms with E-state index in [2.05, 4.69) is 16.7 Å². The number of hydrogen-bond donors (Lipinski definition) is 4. The molecule has 4 N–H and O–H groups in total. The molecule has 1 aromatic carbocycles. The highest BCUT2D eigenvalue weighted by Crippen LogP contribution is 2.57. The van der Waals surface area contributed by atoms with E-state index in [9.17, 15) is 29.4 Å². The fourth-order valence-electron chi connectivity index (χ4n) is 12.2. The number of rotatable bonds is 15. The Labute approximate surface area is 349 Å². The maximum absolute atomic E-state index is 13.6. The maximum Gasteiger partial charge on any atom is 0.316 e. The Morgan fingerprint density at radius 1 is 0.949 bits per heavy atom. The third kappa shape index (κ3) is 10.5. The molecule has 1 saturated heterocycles. The van der Waals surface area contributed by atoms with E-state index >= 15 is 0 Å². The van der Waals surface area contributed by atoms with Crippen molar-refractivity contribution in [1.29, 1.82) is 5.26 Å². The number of nitriles is 1. The van der Waals surface area contributed by atoms with Gasteiger partial charge in [-0.3, -0.25) is 19.2 Å². The van der Waals surface area contributed by atoms with Gasteiger partial charge in [-0.2, -0.15) is 5.26 Å². The number of carbonyl (C=O) groups excluding carboxylic acids is 3. The van der Waals surface area contributed by atoms with Crippen molar-refractivity contribution in [3.63, 3.8) is 0 Å². The average Bonchev–Trinajstić information content (AvgIpc) is 4.00. The molecule has 7 fully saturated rings. The van der Waals surface area contributed by atoms with E-state index in [1.165, 1.54) is 17.5 Å². The fourth-order valence-corrected chi connectivity index (χ4v) is 12.2. The number of carbonyl (C=O) groups is 4. The van der Waals surface area contributed by atoms with Crippen LogP contribution in [0.25, 0.3) is 0 Å². The van der Waals surface area contributed by atoms with E-state index in [4.69, 9.17) is 19.5 Å². The Kier molecular flexibility index (Phi) is 14.0. The number of methoxy groups -OCH3 is 1. The summed E-state index contributed by atoms with van der Waals surface area (Å²) in [5, 5.41) is 35.9. The quantitative estimate of drug-likeness (QED) is 0.103. The molecule has 8 aliphatic rings. The molecule has 324 valence electrons. The number of nitrogens with one attached hydrogen (secondary N) is 2. The third-order valence-electron chi connectivity index (χ3n) is 14.8. The van der Waals surface area contributed by atoms with Crippen molar-refractivity contribution in [2.75, 3.05) is 40.0 Å². The maximum atomic E-state index is 13.6. The van der Waals surface area contributed by atoms with E-state index in [1.54, 1.807) is 12.0 Å². The van der Waals surface area contributed by atoms with Gasteiger partial charge in [0, 0.05) is 25.2 Å². The molecule has 13 nitrogen and oxygen atoms in total. The van der Waals surface area contributed by atoms with Crippen molar-refractivity contribution >= 4 is 23.8 Å².